The van der Waals surface area contributed by atoms with Crippen LogP contribution in [-0.4, -0.2) is 34.4 Å². The van der Waals surface area contributed by atoms with Crippen molar-refractivity contribution in [1.29, 1.82) is 0 Å². The van der Waals surface area contributed by atoms with E-state index in [2.05, 4.69) is 10.3 Å². The summed E-state index contributed by atoms with van der Waals surface area (Å²) in [7, 11) is 0. The van der Waals surface area contributed by atoms with Gasteiger partial charge in [-0.2, -0.15) is 0 Å². The van der Waals surface area contributed by atoms with Crippen LogP contribution >= 0.6 is 12.2 Å². The lowest BCUT2D eigenvalue weighted by Crippen LogP contribution is -2.57. The van der Waals surface area contributed by atoms with Crippen LogP contribution in [0.4, 0.5) is 5.82 Å². The molecular formula is C12H14N4O2S. The number of aromatic nitrogens is 1. The minimum atomic E-state index is -0.500. The Morgan fingerprint density at radius 2 is 2.21 bits per heavy atom. The molecule has 1 aliphatic rings. The molecule has 1 aromatic heterocycles. The fourth-order valence-electron chi connectivity index (χ4n) is 1.93. The molecule has 19 heavy (non-hydrogen) atoms. The highest BCUT2D eigenvalue weighted by Gasteiger charge is 2.32. The zero-order chi connectivity index (χ0) is 14.2. The van der Waals surface area contributed by atoms with Gasteiger partial charge in [-0.15, -0.1) is 0 Å². The molecule has 0 radical (unpaired) electrons. The predicted octanol–water partition coefficient (Wildman–Crippen LogP) is -0.124. The topological polar surface area (TPSA) is 88.3 Å². The van der Waals surface area contributed by atoms with Crippen LogP contribution in [0.3, 0.4) is 0 Å². The number of rotatable bonds is 2. The molecule has 1 fully saturated rings. The van der Waals surface area contributed by atoms with Gasteiger partial charge in [-0.3, -0.25) is 14.9 Å². The number of carbonyl (C=O) groups is 2. The Kier molecular flexibility index (Phi) is 3.48. The molecule has 2 heterocycles. The van der Waals surface area contributed by atoms with Gasteiger partial charge in [0, 0.05) is 5.69 Å². The molecule has 1 atom stereocenters. The fourth-order valence-corrected chi connectivity index (χ4v) is 2.09. The highest BCUT2D eigenvalue weighted by Crippen LogP contribution is 2.22. The van der Waals surface area contributed by atoms with Crippen molar-refractivity contribution in [2.24, 2.45) is 5.73 Å². The van der Waals surface area contributed by atoms with Crippen molar-refractivity contribution >= 4 is 34.8 Å². The van der Waals surface area contributed by atoms with Crippen molar-refractivity contribution in [2.45, 2.75) is 19.9 Å². The summed E-state index contributed by atoms with van der Waals surface area (Å²) in [4.78, 5) is 29.4. The number of hydrogen-bond donors (Lipinski definition) is 2. The molecule has 7 heteroatoms. The minimum absolute atomic E-state index is 0.0545. The van der Waals surface area contributed by atoms with E-state index in [1.165, 1.54) is 0 Å². The van der Waals surface area contributed by atoms with Gasteiger partial charge in [-0.1, -0.05) is 12.2 Å². The highest BCUT2D eigenvalue weighted by atomic mass is 32.1. The number of anilines is 1. The van der Waals surface area contributed by atoms with Gasteiger partial charge in [0.15, 0.2) is 0 Å². The first-order valence-electron chi connectivity index (χ1n) is 5.78. The van der Waals surface area contributed by atoms with Crippen LogP contribution in [0.25, 0.3) is 0 Å². The van der Waals surface area contributed by atoms with Gasteiger partial charge in [0.25, 0.3) is 0 Å². The number of nitrogens with one attached hydrogen (secondary N) is 1. The molecule has 2 rings (SSSR count). The Balaban J connectivity index is 2.50. The largest absolute Gasteiger partial charge is 0.389 e. The maximum absolute atomic E-state index is 11.7. The number of aryl methyl sites for hydroxylation is 1. The Hall–Kier alpha value is -2.02. The summed E-state index contributed by atoms with van der Waals surface area (Å²) in [6.07, 6.45) is 0. The number of carbonyl (C=O) groups excluding carboxylic acids is 2. The van der Waals surface area contributed by atoms with Gasteiger partial charge < -0.3 is 10.6 Å². The number of pyridine rings is 1. The molecule has 0 aromatic carbocycles. The van der Waals surface area contributed by atoms with Gasteiger partial charge in [-0.25, -0.2) is 4.98 Å². The number of piperazine rings is 1. The molecule has 0 aliphatic carbocycles. The Morgan fingerprint density at radius 1 is 1.53 bits per heavy atom. The molecule has 3 N–H and O–H groups in total. The zero-order valence-electron chi connectivity index (χ0n) is 10.6. The third kappa shape index (κ3) is 2.55. The van der Waals surface area contributed by atoms with E-state index < -0.39 is 6.04 Å². The summed E-state index contributed by atoms with van der Waals surface area (Å²) < 4.78 is 0. The first kappa shape index (κ1) is 13.4. The van der Waals surface area contributed by atoms with E-state index >= 15 is 0 Å². The molecule has 1 aromatic rings. The highest BCUT2D eigenvalue weighted by molar-refractivity contribution is 7.80. The second kappa shape index (κ2) is 4.93. The van der Waals surface area contributed by atoms with Crippen molar-refractivity contribution in [3.05, 3.63) is 23.4 Å². The fraction of sp³-hybridized carbons (Fsp3) is 0.333. The molecule has 0 spiro atoms. The van der Waals surface area contributed by atoms with E-state index in [0.29, 0.717) is 11.4 Å². The Morgan fingerprint density at radius 3 is 2.84 bits per heavy atom. The number of thiocarbonyl (C=S) groups is 1. The molecule has 1 saturated heterocycles. The number of imide groups is 1. The Labute approximate surface area is 116 Å². The minimum Gasteiger partial charge on any atom is -0.389 e. The van der Waals surface area contributed by atoms with Gasteiger partial charge in [0.1, 0.15) is 16.8 Å². The summed E-state index contributed by atoms with van der Waals surface area (Å²) in [5.41, 5.74) is 6.99. The standard InChI is InChI=1S/C12H14N4O2S/c1-6-3-4-8(10(13)19)11(14-6)16-5-9(17)15-12(18)7(16)2/h3-4,7H,5H2,1-2H3,(H2,13,19)(H,15,17,18). The van der Waals surface area contributed by atoms with E-state index in [1.807, 2.05) is 6.92 Å². The monoisotopic (exact) mass is 278 g/mol. The summed E-state index contributed by atoms with van der Waals surface area (Å²) in [6.45, 7) is 3.58. The Bertz CT molecular complexity index is 573. The van der Waals surface area contributed by atoms with E-state index in [1.54, 1.807) is 24.0 Å². The molecule has 0 bridgehead atoms. The van der Waals surface area contributed by atoms with Crippen LogP contribution in [-0.2, 0) is 9.59 Å². The maximum atomic E-state index is 11.7. The smallest absolute Gasteiger partial charge is 0.249 e. The van der Waals surface area contributed by atoms with Crippen LogP contribution in [0.15, 0.2) is 12.1 Å². The van der Waals surface area contributed by atoms with Gasteiger partial charge in [0.05, 0.1) is 12.1 Å². The summed E-state index contributed by atoms with van der Waals surface area (Å²) in [5.74, 6) is -0.239. The molecule has 0 saturated carbocycles. The number of nitrogens with two attached hydrogens (primary N) is 1. The first-order chi connectivity index (χ1) is 8.90. The molecule has 2 amide bonds. The van der Waals surface area contributed by atoms with Crippen molar-refractivity contribution < 1.29 is 9.59 Å². The number of hydrogen-bond acceptors (Lipinski definition) is 5. The van der Waals surface area contributed by atoms with Crippen molar-refractivity contribution in [1.82, 2.24) is 10.3 Å². The van der Waals surface area contributed by atoms with Crippen LogP contribution in [0.5, 0.6) is 0 Å². The van der Waals surface area contributed by atoms with E-state index in [9.17, 15) is 9.59 Å². The lowest BCUT2D eigenvalue weighted by molar-refractivity contribution is -0.132. The van der Waals surface area contributed by atoms with Crippen LogP contribution in [0.2, 0.25) is 0 Å². The third-order valence-electron chi connectivity index (χ3n) is 2.98. The summed E-state index contributed by atoms with van der Waals surface area (Å²) in [5, 5.41) is 2.28. The third-order valence-corrected chi connectivity index (χ3v) is 3.20. The van der Waals surface area contributed by atoms with Crippen molar-refractivity contribution in [3.63, 3.8) is 0 Å². The van der Waals surface area contributed by atoms with Crippen LogP contribution < -0.4 is 16.0 Å². The molecule has 100 valence electrons. The molecule has 1 aliphatic heterocycles. The number of nitrogens with zero attached hydrogens (tertiary/aromatic N) is 2. The van der Waals surface area contributed by atoms with Crippen molar-refractivity contribution in [2.75, 3.05) is 11.4 Å². The zero-order valence-corrected chi connectivity index (χ0v) is 11.5. The van der Waals surface area contributed by atoms with E-state index in [-0.39, 0.29) is 23.3 Å². The van der Waals surface area contributed by atoms with Crippen molar-refractivity contribution in [3.8, 4) is 0 Å². The maximum Gasteiger partial charge on any atom is 0.249 e. The average molecular weight is 278 g/mol. The molecule has 1 unspecified atom stereocenters. The van der Waals surface area contributed by atoms with Gasteiger partial charge in [-0.05, 0) is 26.0 Å². The van der Waals surface area contributed by atoms with E-state index in [4.69, 9.17) is 18.0 Å². The normalized spacial score (nSPS) is 19.3. The quantitative estimate of drug-likeness (QED) is 0.579. The summed E-state index contributed by atoms with van der Waals surface area (Å²) >= 11 is 4.99. The lowest BCUT2D eigenvalue weighted by Gasteiger charge is -2.33. The predicted molar refractivity (Wildman–Crippen MR) is 74.8 cm³/mol. The lowest BCUT2D eigenvalue weighted by atomic mass is 10.1. The van der Waals surface area contributed by atoms with Crippen LogP contribution in [0.1, 0.15) is 18.2 Å². The van der Waals surface area contributed by atoms with Gasteiger partial charge in [0.2, 0.25) is 11.8 Å². The average Bonchev–Trinajstić information content (AvgIpc) is 2.33. The van der Waals surface area contributed by atoms with E-state index in [0.717, 1.165) is 5.69 Å². The molecule has 6 nitrogen and oxygen atoms in total. The second-order valence-electron chi connectivity index (χ2n) is 4.40. The molecular weight excluding hydrogens is 264 g/mol. The van der Waals surface area contributed by atoms with Gasteiger partial charge >= 0.3 is 0 Å². The first-order valence-corrected chi connectivity index (χ1v) is 6.18. The SMILES string of the molecule is Cc1ccc(C(N)=S)c(N2CC(=O)NC(=O)C2C)n1. The van der Waals surface area contributed by atoms with Crippen LogP contribution in [0, 0.1) is 6.92 Å². The number of amides is 2. The second-order valence-corrected chi connectivity index (χ2v) is 4.84. The summed E-state index contributed by atoms with van der Waals surface area (Å²) in [6, 6.07) is 3.04.